The summed E-state index contributed by atoms with van der Waals surface area (Å²) in [6.45, 7) is 10.5. The second-order valence-electron chi connectivity index (χ2n) is 7.75. The highest BCUT2D eigenvalue weighted by molar-refractivity contribution is 7.99. The second-order valence-corrected chi connectivity index (χ2v) is 8.92. The van der Waals surface area contributed by atoms with Gasteiger partial charge in [0.1, 0.15) is 5.82 Å². The highest BCUT2D eigenvalue weighted by atomic mass is 32.2. The van der Waals surface area contributed by atoms with E-state index in [1.54, 1.807) is 22.6 Å². The molecule has 1 aliphatic heterocycles. The maximum Gasteiger partial charge on any atom is 0.275 e. The molecule has 0 saturated carbocycles. The lowest BCUT2D eigenvalue weighted by atomic mass is 10.2. The van der Waals surface area contributed by atoms with Gasteiger partial charge in [0.25, 0.3) is 5.56 Å². The summed E-state index contributed by atoms with van der Waals surface area (Å²) in [5.74, 6) is 2.41. The van der Waals surface area contributed by atoms with Gasteiger partial charge in [-0.1, -0.05) is 0 Å². The van der Waals surface area contributed by atoms with Gasteiger partial charge in [0, 0.05) is 41.2 Å². The van der Waals surface area contributed by atoms with Gasteiger partial charge in [0.05, 0.1) is 30.8 Å². The van der Waals surface area contributed by atoms with Crippen LogP contribution in [0.3, 0.4) is 0 Å². The molecule has 8 nitrogen and oxygen atoms in total. The molecule has 0 bridgehead atoms. The average Bonchev–Trinajstić information content (AvgIpc) is 3.15. The van der Waals surface area contributed by atoms with E-state index in [0.717, 1.165) is 60.3 Å². The fourth-order valence-corrected chi connectivity index (χ4v) is 4.43. The monoisotopic (exact) mass is 428 g/mol. The molecule has 0 unspecified atom stereocenters. The highest BCUT2D eigenvalue weighted by Gasteiger charge is 2.15. The van der Waals surface area contributed by atoms with Gasteiger partial charge < -0.3 is 10.1 Å². The second kappa shape index (κ2) is 9.20. The smallest absolute Gasteiger partial charge is 0.275 e. The zero-order chi connectivity index (χ0) is 21.1. The lowest BCUT2D eigenvalue weighted by molar-refractivity contribution is 0.0410. The number of H-pyrrole nitrogens is 1. The van der Waals surface area contributed by atoms with E-state index in [-0.39, 0.29) is 11.6 Å². The lowest BCUT2D eigenvalue weighted by Gasteiger charge is -2.26. The molecule has 1 fully saturated rings. The normalized spacial score (nSPS) is 15.2. The summed E-state index contributed by atoms with van der Waals surface area (Å²) in [7, 11) is 0. The SMILES string of the molecule is Cc1cn[nH]c1Nc1nn(C(C)C)c(=O)c2cc(SCCN3CCOCC3)ccc12. The Labute approximate surface area is 180 Å². The van der Waals surface area contributed by atoms with Crippen molar-refractivity contribution in [2.24, 2.45) is 0 Å². The summed E-state index contributed by atoms with van der Waals surface area (Å²) >= 11 is 1.78. The van der Waals surface area contributed by atoms with Crippen molar-refractivity contribution >= 4 is 34.2 Å². The molecule has 0 amide bonds. The number of hydrogen-bond acceptors (Lipinski definition) is 7. The number of rotatable bonds is 7. The van der Waals surface area contributed by atoms with Crippen LogP contribution in [-0.4, -0.2) is 63.5 Å². The number of aromatic amines is 1. The van der Waals surface area contributed by atoms with Crippen molar-refractivity contribution in [3.63, 3.8) is 0 Å². The Kier molecular flexibility index (Phi) is 6.40. The van der Waals surface area contributed by atoms with Crippen LogP contribution in [0.1, 0.15) is 25.5 Å². The third-order valence-electron chi connectivity index (χ3n) is 5.23. The van der Waals surface area contributed by atoms with E-state index in [1.807, 2.05) is 32.9 Å². The number of benzene rings is 1. The molecule has 1 aromatic carbocycles. The fraction of sp³-hybridized carbons (Fsp3) is 0.476. The van der Waals surface area contributed by atoms with Gasteiger partial charge in [0.2, 0.25) is 0 Å². The molecule has 2 N–H and O–H groups in total. The molecule has 3 heterocycles. The number of thioether (sulfide) groups is 1. The molecule has 0 aliphatic carbocycles. The quantitative estimate of drug-likeness (QED) is 0.559. The molecule has 3 aromatic rings. The number of ether oxygens (including phenoxy) is 1. The number of nitrogens with zero attached hydrogens (tertiary/aromatic N) is 4. The molecule has 160 valence electrons. The maximum absolute atomic E-state index is 13.1. The largest absolute Gasteiger partial charge is 0.379 e. The summed E-state index contributed by atoms with van der Waals surface area (Å²) in [6, 6.07) is 6.01. The molecular weight excluding hydrogens is 400 g/mol. The van der Waals surface area contributed by atoms with Gasteiger partial charge in [-0.05, 0) is 39.0 Å². The van der Waals surface area contributed by atoms with E-state index < -0.39 is 0 Å². The topological polar surface area (TPSA) is 88.1 Å². The third kappa shape index (κ3) is 4.53. The van der Waals surface area contributed by atoms with Crippen LogP contribution in [0.2, 0.25) is 0 Å². The Balaban J connectivity index is 1.61. The van der Waals surface area contributed by atoms with Crippen LogP contribution in [0, 0.1) is 6.92 Å². The van der Waals surface area contributed by atoms with Gasteiger partial charge in [-0.3, -0.25) is 14.8 Å². The van der Waals surface area contributed by atoms with Crippen molar-refractivity contribution in [1.82, 2.24) is 24.9 Å². The van der Waals surface area contributed by atoms with Gasteiger partial charge in [-0.2, -0.15) is 10.2 Å². The summed E-state index contributed by atoms with van der Waals surface area (Å²) in [5, 5.41) is 16.4. The predicted molar refractivity (Wildman–Crippen MR) is 121 cm³/mol. The molecule has 2 aromatic heterocycles. The molecule has 0 atom stereocenters. The first-order valence-corrected chi connectivity index (χ1v) is 11.3. The molecule has 1 aliphatic rings. The molecule has 0 radical (unpaired) electrons. The first kappa shape index (κ1) is 20.9. The Morgan fingerprint density at radius 2 is 2.07 bits per heavy atom. The zero-order valence-corrected chi connectivity index (χ0v) is 18.5. The summed E-state index contributed by atoms with van der Waals surface area (Å²) < 4.78 is 6.95. The minimum absolute atomic E-state index is 0.0389. The Hall–Kier alpha value is -2.36. The molecular formula is C21H28N6O2S. The van der Waals surface area contributed by atoms with Crippen LogP contribution < -0.4 is 10.9 Å². The van der Waals surface area contributed by atoms with Crippen LogP contribution >= 0.6 is 11.8 Å². The van der Waals surface area contributed by atoms with Crippen LogP contribution in [0.5, 0.6) is 0 Å². The first-order valence-electron chi connectivity index (χ1n) is 10.3. The average molecular weight is 429 g/mol. The number of nitrogens with one attached hydrogen (secondary N) is 2. The number of fused-ring (bicyclic) bond motifs is 1. The zero-order valence-electron chi connectivity index (χ0n) is 17.6. The number of anilines is 2. The Morgan fingerprint density at radius 3 is 2.77 bits per heavy atom. The number of aromatic nitrogens is 4. The first-order chi connectivity index (χ1) is 14.5. The molecule has 1 saturated heterocycles. The van der Waals surface area contributed by atoms with E-state index in [2.05, 4.69) is 31.6 Å². The van der Waals surface area contributed by atoms with Crippen LogP contribution in [-0.2, 0) is 4.74 Å². The lowest BCUT2D eigenvalue weighted by Crippen LogP contribution is -2.37. The molecule has 0 spiro atoms. The van der Waals surface area contributed by atoms with Crippen molar-refractivity contribution in [2.45, 2.75) is 31.7 Å². The summed E-state index contributed by atoms with van der Waals surface area (Å²) in [5.41, 5.74) is 0.921. The van der Waals surface area contributed by atoms with E-state index in [0.29, 0.717) is 11.2 Å². The van der Waals surface area contributed by atoms with E-state index in [9.17, 15) is 4.79 Å². The van der Waals surface area contributed by atoms with Crippen molar-refractivity contribution < 1.29 is 4.74 Å². The van der Waals surface area contributed by atoms with Crippen molar-refractivity contribution in [2.75, 3.05) is 43.9 Å². The Morgan fingerprint density at radius 1 is 1.27 bits per heavy atom. The van der Waals surface area contributed by atoms with Gasteiger partial charge in [-0.15, -0.1) is 11.8 Å². The fourth-order valence-electron chi connectivity index (χ4n) is 3.48. The minimum Gasteiger partial charge on any atom is -0.379 e. The van der Waals surface area contributed by atoms with E-state index in [4.69, 9.17) is 4.74 Å². The van der Waals surface area contributed by atoms with Gasteiger partial charge in [-0.25, -0.2) is 4.68 Å². The highest BCUT2D eigenvalue weighted by Crippen LogP contribution is 2.28. The van der Waals surface area contributed by atoms with Crippen LogP contribution in [0.4, 0.5) is 11.6 Å². The third-order valence-corrected chi connectivity index (χ3v) is 6.21. The molecule has 4 rings (SSSR count). The molecule has 30 heavy (non-hydrogen) atoms. The number of hydrogen-bond donors (Lipinski definition) is 2. The summed E-state index contributed by atoms with van der Waals surface area (Å²) in [4.78, 5) is 16.6. The van der Waals surface area contributed by atoms with Crippen molar-refractivity contribution in [1.29, 1.82) is 0 Å². The Bertz CT molecular complexity index is 1070. The van der Waals surface area contributed by atoms with Crippen LogP contribution in [0.25, 0.3) is 10.8 Å². The predicted octanol–water partition coefficient (Wildman–Crippen LogP) is 3.18. The molecule has 9 heteroatoms. The minimum atomic E-state index is -0.0671. The summed E-state index contributed by atoms with van der Waals surface area (Å²) in [6.07, 6.45) is 1.76. The maximum atomic E-state index is 13.1. The standard InChI is InChI=1S/C21H28N6O2S/c1-14(2)27-21(28)18-12-16(30-11-8-26-6-9-29-10-7-26)4-5-17(18)20(25-27)23-19-15(3)13-22-24-19/h4-5,12-14H,6-11H2,1-3H3,(H2,22,23,24,25). The van der Waals surface area contributed by atoms with E-state index >= 15 is 0 Å². The van der Waals surface area contributed by atoms with Gasteiger partial charge in [0.15, 0.2) is 5.82 Å². The van der Waals surface area contributed by atoms with E-state index in [1.165, 1.54) is 0 Å². The van der Waals surface area contributed by atoms with Crippen molar-refractivity contribution in [3.8, 4) is 0 Å². The van der Waals surface area contributed by atoms with Crippen molar-refractivity contribution in [3.05, 3.63) is 40.3 Å². The number of aryl methyl sites for hydroxylation is 1. The van der Waals surface area contributed by atoms with Crippen LogP contribution in [0.15, 0.2) is 34.1 Å². The van der Waals surface area contributed by atoms with Gasteiger partial charge >= 0.3 is 0 Å². The number of morpholine rings is 1.